The van der Waals surface area contributed by atoms with Gasteiger partial charge in [0.05, 0.1) is 39.0 Å². The lowest BCUT2D eigenvalue weighted by Gasteiger charge is -2.13. The summed E-state index contributed by atoms with van der Waals surface area (Å²) in [5.74, 6) is 1.00. The minimum atomic E-state index is -0.540. The monoisotopic (exact) mass is 486 g/mol. The number of hydrogen-bond donors (Lipinski definition) is 1. The molecule has 0 saturated carbocycles. The van der Waals surface area contributed by atoms with Gasteiger partial charge in [0.25, 0.3) is 5.69 Å². The van der Waals surface area contributed by atoms with Crippen LogP contribution in [0.15, 0.2) is 53.4 Å². The average molecular weight is 487 g/mol. The number of benzene rings is 3. The zero-order chi connectivity index (χ0) is 24.7. The summed E-state index contributed by atoms with van der Waals surface area (Å²) in [7, 11) is 5.97. The summed E-state index contributed by atoms with van der Waals surface area (Å²) >= 11 is 1.18. The smallest absolute Gasteiger partial charge is 0.269 e. The minimum Gasteiger partial charge on any atom is -0.493 e. The number of hydrogen-bond acceptors (Lipinski definition) is 8. The molecule has 0 aromatic heterocycles. The number of halogens is 1. The van der Waals surface area contributed by atoms with Gasteiger partial charge in [0.1, 0.15) is 0 Å². The first kappa shape index (κ1) is 24.7. The molecule has 0 saturated heterocycles. The summed E-state index contributed by atoms with van der Waals surface area (Å²) in [6.45, 7) is 0. The third-order valence-corrected chi connectivity index (χ3v) is 5.58. The Hall–Kier alpha value is -3.92. The van der Waals surface area contributed by atoms with Crippen LogP contribution in [-0.2, 0) is 0 Å². The van der Waals surface area contributed by atoms with Crippen LogP contribution >= 0.6 is 11.9 Å². The van der Waals surface area contributed by atoms with Gasteiger partial charge in [-0.2, -0.15) is 0 Å². The predicted molar refractivity (Wildman–Crippen MR) is 131 cm³/mol. The molecule has 3 aromatic rings. The predicted octanol–water partition coefficient (Wildman–Crippen LogP) is 6.06. The van der Waals surface area contributed by atoms with Crippen LogP contribution < -0.4 is 23.7 Å². The molecule has 34 heavy (non-hydrogen) atoms. The largest absolute Gasteiger partial charge is 0.493 e. The fourth-order valence-electron chi connectivity index (χ4n) is 3.13. The van der Waals surface area contributed by atoms with Gasteiger partial charge in [-0.05, 0) is 59.5 Å². The lowest BCUT2D eigenvalue weighted by molar-refractivity contribution is -0.384. The van der Waals surface area contributed by atoms with Crippen molar-refractivity contribution in [3.05, 3.63) is 75.6 Å². The molecular weight excluding hydrogens is 463 g/mol. The highest BCUT2D eigenvalue weighted by molar-refractivity contribution is 8.00. The van der Waals surface area contributed by atoms with Gasteiger partial charge in [0.2, 0.25) is 5.75 Å². The zero-order valence-corrected chi connectivity index (χ0v) is 19.8. The van der Waals surface area contributed by atoms with Crippen molar-refractivity contribution in [1.29, 1.82) is 0 Å². The Morgan fingerprint density at radius 2 is 1.41 bits per heavy atom. The first-order valence-corrected chi connectivity index (χ1v) is 10.7. The van der Waals surface area contributed by atoms with Gasteiger partial charge in [-0.15, -0.1) is 0 Å². The van der Waals surface area contributed by atoms with E-state index in [-0.39, 0.29) is 11.4 Å². The Bertz CT molecular complexity index is 1180. The highest BCUT2D eigenvalue weighted by Gasteiger charge is 2.14. The van der Waals surface area contributed by atoms with Crippen LogP contribution in [0.4, 0.5) is 15.8 Å². The normalized spacial score (nSPS) is 10.7. The van der Waals surface area contributed by atoms with Crippen molar-refractivity contribution in [3.63, 3.8) is 0 Å². The second-order valence-corrected chi connectivity index (χ2v) is 7.71. The van der Waals surface area contributed by atoms with Crippen LogP contribution in [0.3, 0.4) is 0 Å². The van der Waals surface area contributed by atoms with Crippen molar-refractivity contribution in [3.8, 4) is 23.0 Å². The van der Waals surface area contributed by atoms with E-state index in [1.165, 1.54) is 58.6 Å². The van der Waals surface area contributed by atoms with Gasteiger partial charge in [0, 0.05) is 17.0 Å². The molecule has 178 valence electrons. The summed E-state index contributed by atoms with van der Waals surface area (Å²) in [6, 6.07) is 12.7. The summed E-state index contributed by atoms with van der Waals surface area (Å²) in [6.07, 6.45) is 3.53. The molecule has 0 spiro atoms. The number of methoxy groups -OCH3 is 4. The fourth-order valence-corrected chi connectivity index (χ4v) is 3.79. The second kappa shape index (κ2) is 11.3. The Labute approximate surface area is 200 Å². The van der Waals surface area contributed by atoms with Crippen LogP contribution in [0, 0.1) is 15.9 Å². The van der Waals surface area contributed by atoms with Crippen molar-refractivity contribution in [1.82, 2.24) is 0 Å². The van der Waals surface area contributed by atoms with Gasteiger partial charge in [-0.3, -0.25) is 10.1 Å². The molecule has 3 rings (SSSR count). The molecule has 8 nitrogen and oxygen atoms in total. The SMILES string of the molecule is COc1cc(/C=C\c2cc(F)c(OC)c(NSc3ccc([N+](=O)[O-])cc3)c2)cc(OC)c1OC. The van der Waals surface area contributed by atoms with Crippen LogP contribution in [0.5, 0.6) is 23.0 Å². The Kier molecular flexibility index (Phi) is 8.20. The lowest BCUT2D eigenvalue weighted by atomic mass is 10.1. The number of nitrogens with one attached hydrogen (secondary N) is 1. The first-order valence-electron chi connectivity index (χ1n) is 9.93. The van der Waals surface area contributed by atoms with Crippen molar-refractivity contribution in [2.75, 3.05) is 33.2 Å². The van der Waals surface area contributed by atoms with Gasteiger partial charge >= 0.3 is 0 Å². The maximum absolute atomic E-state index is 14.7. The van der Waals surface area contributed by atoms with E-state index in [9.17, 15) is 14.5 Å². The molecule has 0 fully saturated rings. The number of nitro benzene ring substituents is 1. The molecule has 0 bridgehead atoms. The van der Waals surface area contributed by atoms with Gasteiger partial charge < -0.3 is 23.7 Å². The Morgan fingerprint density at radius 1 is 0.853 bits per heavy atom. The summed E-state index contributed by atoms with van der Waals surface area (Å²) in [5, 5.41) is 10.8. The van der Waals surface area contributed by atoms with Crippen LogP contribution in [0.1, 0.15) is 11.1 Å². The van der Waals surface area contributed by atoms with E-state index in [0.29, 0.717) is 33.4 Å². The number of anilines is 1. The van der Waals surface area contributed by atoms with Gasteiger partial charge in [-0.25, -0.2) is 4.39 Å². The van der Waals surface area contributed by atoms with E-state index in [1.807, 2.05) is 0 Å². The highest BCUT2D eigenvalue weighted by atomic mass is 32.2. The molecule has 0 aliphatic rings. The van der Waals surface area contributed by atoms with Crippen LogP contribution in [0.2, 0.25) is 0 Å². The molecule has 3 aromatic carbocycles. The van der Waals surface area contributed by atoms with Gasteiger partial charge in [0.15, 0.2) is 23.1 Å². The molecule has 1 N–H and O–H groups in total. The van der Waals surface area contributed by atoms with E-state index in [0.717, 1.165) is 5.56 Å². The maximum atomic E-state index is 14.7. The van der Waals surface area contributed by atoms with Crippen molar-refractivity contribution >= 4 is 35.5 Å². The molecule has 10 heteroatoms. The Morgan fingerprint density at radius 3 is 1.91 bits per heavy atom. The van der Waals surface area contributed by atoms with E-state index < -0.39 is 10.7 Å². The molecular formula is C24H23FN2O6S. The highest BCUT2D eigenvalue weighted by Crippen LogP contribution is 2.39. The van der Waals surface area contributed by atoms with Crippen molar-refractivity contribution in [2.45, 2.75) is 4.90 Å². The molecule has 0 heterocycles. The van der Waals surface area contributed by atoms with Crippen LogP contribution in [0.25, 0.3) is 12.2 Å². The van der Waals surface area contributed by atoms with Crippen molar-refractivity contribution < 1.29 is 28.3 Å². The van der Waals surface area contributed by atoms with E-state index in [2.05, 4.69) is 4.72 Å². The van der Waals surface area contributed by atoms with E-state index in [4.69, 9.17) is 18.9 Å². The number of nitrogens with zero attached hydrogens (tertiary/aromatic N) is 1. The third kappa shape index (κ3) is 5.70. The molecule has 0 unspecified atom stereocenters. The average Bonchev–Trinajstić information content (AvgIpc) is 2.85. The van der Waals surface area contributed by atoms with Crippen LogP contribution in [-0.4, -0.2) is 33.4 Å². The van der Waals surface area contributed by atoms with Crippen molar-refractivity contribution in [2.24, 2.45) is 0 Å². The molecule has 0 atom stereocenters. The maximum Gasteiger partial charge on any atom is 0.269 e. The third-order valence-electron chi connectivity index (χ3n) is 4.75. The van der Waals surface area contributed by atoms with E-state index in [1.54, 1.807) is 42.5 Å². The summed E-state index contributed by atoms with van der Waals surface area (Å²) in [4.78, 5) is 11.1. The quantitative estimate of drug-likeness (QED) is 0.160. The lowest BCUT2D eigenvalue weighted by Crippen LogP contribution is -1.97. The second-order valence-electron chi connectivity index (χ2n) is 6.83. The fraction of sp³-hybridized carbons (Fsp3) is 0.167. The number of nitro groups is 1. The summed E-state index contributed by atoms with van der Waals surface area (Å²) in [5.41, 5.74) is 1.75. The minimum absolute atomic E-state index is 0.00750. The summed E-state index contributed by atoms with van der Waals surface area (Å²) < 4.78 is 39.0. The number of ether oxygens (including phenoxy) is 4. The molecule has 0 aliphatic heterocycles. The molecule has 0 amide bonds. The standard InChI is InChI=1S/C24H23FN2O6S/c1-30-21-13-16(14-22(31-2)24(21)33-4)6-5-15-11-19(25)23(32-3)20(12-15)26-34-18-9-7-17(8-10-18)27(28)29/h5-14,26H,1-4H3/b6-5-. The zero-order valence-electron chi connectivity index (χ0n) is 19.0. The molecule has 0 aliphatic carbocycles. The molecule has 0 radical (unpaired) electrons. The first-order chi connectivity index (χ1) is 16.4. The van der Waals surface area contributed by atoms with E-state index >= 15 is 0 Å². The Balaban J connectivity index is 1.86. The van der Waals surface area contributed by atoms with Gasteiger partial charge in [-0.1, -0.05) is 12.2 Å². The topological polar surface area (TPSA) is 92.1 Å². The number of rotatable bonds is 10. The number of non-ortho nitro benzene ring substituents is 1.